The van der Waals surface area contributed by atoms with E-state index in [1.54, 1.807) is 6.07 Å². The summed E-state index contributed by atoms with van der Waals surface area (Å²) in [6, 6.07) is 3.65. The highest BCUT2D eigenvalue weighted by molar-refractivity contribution is 14.1. The van der Waals surface area contributed by atoms with Crippen molar-refractivity contribution in [3.05, 3.63) is 31.7 Å². The fourth-order valence-corrected chi connectivity index (χ4v) is 1.46. The molecule has 0 N–H and O–H groups in total. The molecular weight excluding hydrogens is 253 g/mol. The fourth-order valence-electron chi connectivity index (χ4n) is 0.872. The van der Waals surface area contributed by atoms with E-state index in [1.165, 1.54) is 3.57 Å². The first-order valence-corrected chi connectivity index (χ1v) is 4.33. The van der Waals surface area contributed by atoms with Crippen LogP contribution in [0.4, 0.5) is 5.69 Å². The third kappa shape index (κ3) is 1.58. The Labute approximate surface area is 79.1 Å². The lowest BCUT2D eigenvalue weighted by atomic mass is 10.1. The third-order valence-corrected chi connectivity index (χ3v) is 2.96. The molecule has 0 amide bonds. The van der Waals surface area contributed by atoms with E-state index in [-0.39, 0.29) is 0 Å². The van der Waals surface area contributed by atoms with Crippen LogP contribution in [0.5, 0.6) is 0 Å². The standard InChI is InChI=1S/C8H8INO/c1-5-6(2)8(10-11)4-3-7(5)9/h3-4H,1-2H3. The first kappa shape index (κ1) is 8.64. The van der Waals surface area contributed by atoms with Crippen molar-refractivity contribution in [2.24, 2.45) is 5.18 Å². The second-order valence-corrected chi connectivity index (χ2v) is 3.57. The van der Waals surface area contributed by atoms with Gasteiger partial charge in [0.1, 0.15) is 5.69 Å². The molecule has 2 nitrogen and oxygen atoms in total. The van der Waals surface area contributed by atoms with E-state index in [9.17, 15) is 4.91 Å². The van der Waals surface area contributed by atoms with Crippen LogP contribution >= 0.6 is 22.6 Å². The maximum absolute atomic E-state index is 10.2. The molecule has 0 bridgehead atoms. The van der Waals surface area contributed by atoms with Gasteiger partial charge in [-0.15, -0.1) is 4.91 Å². The van der Waals surface area contributed by atoms with E-state index in [0.717, 1.165) is 11.1 Å². The van der Waals surface area contributed by atoms with E-state index in [1.807, 2.05) is 19.9 Å². The molecule has 0 saturated heterocycles. The highest BCUT2D eigenvalue weighted by Gasteiger charge is 2.03. The molecule has 1 aromatic rings. The number of hydrogen-bond acceptors (Lipinski definition) is 2. The second-order valence-electron chi connectivity index (χ2n) is 2.41. The summed E-state index contributed by atoms with van der Waals surface area (Å²) in [5.41, 5.74) is 2.66. The highest BCUT2D eigenvalue weighted by Crippen LogP contribution is 2.24. The molecule has 1 rings (SSSR count). The summed E-state index contributed by atoms with van der Waals surface area (Å²) < 4.78 is 1.17. The molecular formula is C8H8INO. The molecule has 58 valence electrons. The molecule has 0 aliphatic rings. The monoisotopic (exact) mass is 261 g/mol. The number of nitroso groups, excluding NO2 is 1. The predicted octanol–water partition coefficient (Wildman–Crippen LogP) is 3.31. The van der Waals surface area contributed by atoms with Crippen LogP contribution in [0.25, 0.3) is 0 Å². The van der Waals surface area contributed by atoms with Crippen molar-refractivity contribution in [2.75, 3.05) is 0 Å². The third-order valence-electron chi connectivity index (χ3n) is 1.79. The van der Waals surface area contributed by atoms with E-state index in [2.05, 4.69) is 27.8 Å². The molecule has 0 radical (unpaired) electrons. The Balaban J connectivity index is 3.36. The Hall–Kier alpha value is -0.450. The Morgan fingerprint density at radius 2 is 1.91 bits per heavy atom. The van der Waals surface area contributed by atoms with Gasteiger partial charge in [0, 0.05) is 3.57 Å². The molecule has 0 aliphatic carbocycles. The Morgan fingerprint density at radius 1 is 1.27 bits per heavy atom. The zero-order valence-corrected chi connectivity index (χ0v) is 8.55. The number of nitrogens with zero attached hydrogens (tertiary/aromatic N) is 1. The molecule has 1 aromatic carbocycles. The summed E-state index contributed by atoms with van der Waals surface area (Å²) in [4.78, 5) is 10.2. The quantitative estimate of drug-likeness (QED) is 0.563. The molecule has 0 aromatic heterocycles. The largest absolute Gasteiger partial charge is 0.145 e. The zero-order valence-electron chi connectivity index (χ0n) is 6.39. The van der Waals surface area contributed by atoms with E-state index < -0.39 is 0 Å². The highest BCUT2D eigenvalue weighted by atomic mass is 127. The lowest BCUT2D eigenvalue weighted by Gasteiger charge is -2.02. The van der Waals surface area contributed by atoms with Crippen molar-refractivity contribution < 1.29 is 0 Å². The number of rotatable bonds is 1. The van der Waals surface area contributed by atoms with Gasteiger partial charge in [0.15, 0.2) is 0 Å². The van der Waals surface area contributed by atoms with Gasteiger partial charge in [-0.05, 0) is 64.9 Å². The van der Waals surface area contributed by atoms with Crippen LogP contribution in [-0.4, -0.2) is 0 Å². The Morgan fingerprint density at radius 3 is 2.45 bits per heavy atom. The second kappa shape index (κ2) is 3.30. The van der Waals surface area contributed by atoms with Gasteiger partial charge in [0.25, 0.3) is 0 Å². The molecule has 0 spiro atoms. The van der Waals surface area contributed by atoms with Gasteiger partial charge in [-0.3, -0.25) is 0 Å². The lowest BCUT2D eigenvalue weighted by molar-refractivity contribution is 1.28. The fraction of sp³-hybridized carbons (Fsp3) is 0.250. The first-order chi connectivity index (χ1) is 5.16. The van der Waals surface area contributed by atoms with Gasteiger partial charge in [0.05, 0.1) is 0 Å². The van der Waals surface area contributed by atoms with E-state index in [0.29, 0.717) is 5.69 Å². The molecule has 0 unspecified atom stereocenters. The summed E-state index contributed by atoms with van der Waals surface area (Å²) >= 11 is 2.24. The van der Waals surface area contributed by atoms with Crippen LogP contribution < -0.4 is 0 Å². The maximum atomic E-state index is 10.2. The Bertz CT molecular complexity index is 296. The number of halogens is 1. The molecule has 0 aliphatic heterocycles. The SMILES string of the molecule is Cc1c(I)ccc(N=O)c1C. The first-order valence-electron chi connectivity index (χ1n) is 3.26. The van der Waals surface area contributed by atoms with Crippen LogP contribution in [0, 0.1) is 22.3 Å². The molecule has 11 heavy (non-hydrogen) atoms. The van der Waals surface area contributed by atoms with Crippen LogP contribution in [-0.2, 0) is 0 Å². The summed E-state index contributed by atoms with van der Waals surface area (Å²) in [6.45, 7) is 3.90. The minimum Gasteiger partial charge on any atom is -0.145 e. The van der Waals surface area contributed by atoms with Crippen molar-refractivity contribution in [1.82, 2.24) is 0 Å². The van der Waals surface area contributed by atoms with Crippen molar-refractivity contribution in [1.29, 1.82) is 0 Å². The topological polar surface area (TPSA) is 29.4 Å². The van der Waals surface area contributed by atoms with Crippen LogP contribution in [0.1, 0.15) is 11.1 Å². The van der Waals surface area contributed by atoms with E-state index in [4.69, 9.17) is 0 Å². The minimum atomic E-state index is 0.544. The number of hydrogen-bond donors (Lipinski definition) is 0. The maximum Gasteiger partial charge on any atom is 0.111 e. The summed E-state index contributed by atoms with van der Waals surface area (Å²) in [7, 11) is 0. The molecule has 3 heteroatoms. The minimum absolute atomic E-state index is 0.544. The van der Waals surface area contributed by atoms with Crippen LogP contribution in [0.15, 0.2) is 17.3 Å². The van der Waals surface area contributed by atoms with Crippen molar-refractivity contribution in [3.8, 4) is 0 Å². The smallest absolute Gasteiger partial charge is 0.111 e. The van der Waals surface area contributed by atoms with Gasteiger partial charge < -0.3 is 0 Å². The summed E-state index contributed by atoms with van der Waals surface area (Å²) in [6.07, 6.45) is 0. The summed E-state index contributed by atoms with van der Waals surface area (Å²) in [5.74, 6) is 0. The average molecular weight is 261 g/mol. The summed E-state index contributed by atoms with van der Waals surface area (Å²) in [5, 5.41) is 2.92. The molecule has 0 fully saturated rings. The molecule has 0 atom stereocenters. The van der Waals surface area contributed by atoms with Crippen molar-refractivity contribution in [3.63, 3.8) is 0 Å². The normalized spacial score (nSPS) is 9.73. The van der Waals surface area contributed by atoms with Gasteiger partial charge in [0.2, 0.25) is 0 Å². The lowest BCUT2D eigenvalue weighted by Crippen LogP contribution is -1.84. The zero-order chi connectivity index (χ0) is 8.43. The van der Waals surface area contributed by atoms with Gasteiger partial charge >= 0.3 is 0 Å². The Kier molecular flexibility index (Phi) is 2.59. The van der Waals surface area contributed by atoms with Gasteiger partial charge in [-0.25, -0.2) is 0 Å². The van der Waals surface area contributed by atoms with E-state index >= 15 is 0 Å². The van der Waals surface area contributed by atoms with Gasteiger partial charge in [-0.2, -0.15) is 0 Å². The molecule has 0 heterocycles. The van der Waals surface area contributed by atoms with Crippen LogP contribution in [0.3, 0.4) is 0 Å². The van der Waals surface area contributed by atoms with Crippen molar-refractivity contribution >= 4 is 28.3 Å². The van der Waals surface area contributed by atoms with Crippen LogP contribution in [0.2, 0.25) is 0 Å². The molecule has 0 saturated carbocycles. The van der Waals surface area contributed by atoms with Gasteiger partial charge in [-0.1, -0.05) is 0 Å². The number of benzene rings is 1. The predicted molar refractivity (Wildman–Crippen MR) is 54.1 cm³/mol. The average Bonchev–Trinajstić information content (AvgIpc) is 2.01. The van der Waals surface area contributed by atoms with Crippen molar-refractivity contribution in [2.45, 2.75) is 13.8 Å².